The van der Waals surface area contributed by atoms with Crippen LogP contribution in [0.2, 0.25) is 0 Å². The van der Waals surface area contributed by atoms with Gasteiger partial charge in [0.1, 0.15) is 0 Å². The zero-order valence-electron chi connectivity index (χ0n) is 13.7. The van der Waals surface area contributed by atoms with Crippen molar-refractivity contribution in [1.29, 1.82) is 0 Å². The number of hydrogen-bond acceptors (Lipinski definition) is 2. The number of carbonyl (C=O) groups excluding carboxylic acids is 1. The summed E-state index contributed by atoms with van der Waals surface area (Å²) in [6, 6.07) is 18.7. The molecular formula is C20H24N2O. The van der Waals surface area contributed by atoms with Gasteiger partial charge in [0.15, 0.2) is 0 Å². The van der Waals surface area contributed by atoms with Crippen molar-refractivity contribution in [2.45, 2.75) is 19.4 Å². The largest absolute Gasteiger partial charge is 0.341 e. The molecule has 3 heteroatoms. The van der Waals surface area contributed by atoms with Crippen LogP contribution in [0.3, 0.4) is 0 Å². The molecule has 0 radical (unpaired) electrons. The summed E-state index contributed by atoms with van der Waals surface area (Å²) in [6.07, 6.45) is 1.90. The summed E-state index contributed by atoms with van der Waals surface area (Å²) in [5.41, 5.74) is 3.60. The SMILES string of the molecule is CN(Cc1ccccc1-c1ccccc1)C(=O)C1CCNCC1. The molecule has 0 aliphatic carbocycles. The predicted molar refractivity (Wildman–Crippen MR) is 93.9 cm³/mol. The summed E-state index contributed by atoms with van der Waals surface area (Å²) in [5.74, 6) is 0.444. The average molecular weight is 308 g/mol. The number of piperidine rings is 1. The molecule has 0 saturated carbocycles. The molecule has 1 fully saturated rings. The molecule has 1 saturated heterocycles. The highest BCUT2D eigenvalue weighted by Gasteiger charge is 2.24. The highest BCUT2D eigenvalue weighted by molar-refractivity contribution is 5.79. The molecule has 1 aliphatic rings. The molecule has 23 heavy (non-hydrogen) atoms. The van der Waals surface area contributed by atoms with Gasteiger partial charge >= 0.3 is 0 Å². The Kier molecular flexibility index (Phi) is 5.09. The van der Waals surface area contributed by atoms with Gasteiger partial charge in [0, 0.05) is 19.5 Å². The molecule has 3 nitrogen and oxygen atoms in total. The highest BCUT2D eigenvalue weighted by Crippen LogP contribution is 2.25. The van der Waals surface area contributed by atoms with Gasteiger partial charge in [0.05, 0.1) is 0 Å². The van der Waals surface area contributed by atoms with Gasteiger partial charge in [-0.15, -0.1) is 0 Å². The standard InChI is InChI=1S/C20H24N2O/c1-22(20(23)17-11-13-21-14-12-17)15-18-9-5-6-10-19(18)16-7-3-2-4-8-16/h2-10,17,21H,11-15H2,1H3. The number of nitrogens with one attached hydrogen (secondary N) is 1. The Balaban J connectivity index is 1.76. The van der Waals surface area contributed by atoms with Crippen LogP contribution in [0.25, 0.3) is 11.1 Å². The van der Waals surface area contributed by atoms with E-state index in [4.69, 9.17) is 0 Å². The number of carbonyl (C=O) groups is 1. The fourth-order valence-electron chi connectivity index (χ4n) is 3.27. The third-order valence-corrected chi connectivity index (χ3v) is 4.57. The minimum absolute atomic E-state index is 0.171. The predicted octanol–water partition coefficient (Wildman–Crippen LogP) is 3.31. The van der Waals surface area contributed by atoms with Crippen molar-refractivity contribution in [2.24, 2.45) is 5.92 Å². The molecule has 0 bridgehead atoms. The first-order chi connectivity index (χ1) is 11.3. The smallest absolute Gasteiger partial charge is 0.225 e. The van der Waals surface area contributed by atoms with E-state index in [0.717, 1.165) is 25.9 Å². The van der Waals surface area contributed by atoms with Gasteiger partial charge in [-0.1, -0.05) is 54.6 Å². The average Bonchev–Trinajstić information content (AvgIpc) is 2.63. The Morgan fingerprint density at radius 1 is 1.04 bits per heavy atom. The van der Waals surface area contributed by atoms with Crippen molar-refractivity contribution in [1.82, 2.24) is 10.2 Å². The Bertz CT molecular complexity index is 648. The number of benzene rings is 2. The minimum atomic E-state index is 0.171. The Morgan fingerprint density at radius 3 is 2.43 bits per heavy atom. The number of hydrogen-bond donors (Lipinski definition) is 1. The van der Waals surface area contributed by atoms with E-state index in [1.807, 2.05) is 24.1 Å². The number of rotatable bonds is 4. The zero-order valence-corrected chi connectivity index (χ0v) is 13.7. The lowest BCUT2D eigenvalue weighted by Gasteiger charge is -2.27. The Hall–Kier alpha value is -2.13. The second-order valence-electron chi connectivity index (χ2n) is 6.24. The second-order valence-corrected chi connectivity index (χ2v) is 6.24. The fraction of sp³-hybridized carbons (Fsp3) is 0.350. The molecule has 2 aromatic carbocycles. The monoisotopic (exact) mass is 308 g/mol. The molecule has 0 atom stereocenters. The third-order valence-electron chi connectivity index (χ3n) is 4.57. The van der Waals surface area contributed by atoms with E-state index < -0.39 is 0 Å². The molecule has 1 aliphatic heterocycles. The maximum absolute atomic E-state index is 12.6. The molecule has 0 spiro atoms. The van der Waals surface area contributed by atoms with Crippen molar-refractivity contribution >= 4 is 5.91 Å². The van der Waals surface area contributed by atoms with Crippen molar-refractivity contribution in [3.63, 3.8) is 0 Å². The van der Waals surface area contributed by atoms with E-state index in [-0.39, 0.29) is 11.8 Å². The van der Waals surface area contributed by atoms with Crippen LogP contribution < -0.4 is 5.32 Å². The van der Waals surface area contributed by atoms with E-state index in [9.17, 15) is 4.79 Å². The van der Waals surface area contributed by atoms with Crippen LogP contribution in [0.4, 0.5) is 0 Å². The van der Waals surface area contributed by atoms with E-state index in [2.05, 4.69) is 47.8 Å². The molecule has 0 unspecified atom stereocenters. The summed E-state index contributed by atoms with van der Waals surface area (Å²) < 4.78 is 0. The molecular weight excluding hydrogens is 284 g/mol. The summed E-state index contributed by atoms with van der Waals surface area (Å²) in [6.45, 7) is 2.56. The lowest BCUT2D eigenvalue weighted by atomic mass is 9.95. The summed E-state index contributed by atoms with van der Waals surface area (Å²) >= 11 is 0. The number of nitrogens with zero attached hydrogens (tertiary/aromatic N) is 1. The van der Waals surface area contributed by atoms with Gasteiger partial charge in [-0.25, -0.2) is 0 Å². The first kappa shape index (κ1) is 15.8. The first-order valence-electron chi connectivity index (χ1n) is 8.35. The summed E-state index contributed by atoms with van der Waals surface area (Å²) in [5, 5.41) is 3.32. The maximum Gasteiger partial charge on any atom is 0.225 e. The van der Waals surface area contributed by atoms with Crippen molar-refractivity contribution in [3.8, 4) is 11.1 Å². The van der Waals surface area contributed by atoms with Crippen molar-refractivity contribution in [3.05, 3.63) is 60.2 Å². The third kappa shape index (κ3) is 3.80. The fourth-order valence-corrected chi connectivity index (χ4v) is 3.27. The van der Waals surface area contributed by atoms with Crippen LogP contribution in [-0.2, 0) is 11.3 Å². The van der Waals surface area contributed by atoms with Crippen LogP contribution in [0.5, 0.6) is 0 Å². The van der Waals surface area contributed by atoms with Gasteiger partial charge in [-0.05, 0) is 42.6 Å². The van der Waals surface area contributed by atoms with E-state index in [1.165, 1.54) is 16.7 Å². The van der Waals surface area contributed by atoms with Gasteiger partial charge in [-0.3, -0.25) is 4.79 Å². The first-order valence-corrected chi connectivity index (χ1v) is 8.35. The highest BCUT2D eigenvalue weighted by atomic mass is 16.2. The van der Waals surface area contributed by atoms with Crippen LogP contribution >= 0.6 is 0 Å². The maximum atomic E-state index is 12.6. The quantitative estimate of drug-likeness (QED) is 0.940. The zero-order chi connectivity index (χ0) is 16.1. The van der Waals surface area contributed by atoms with Crippen molar-refractivity contribution < 1.29 is 4.79 Å². The normalized spacial score (nSPS) is 15.3. The van der Waals surface area contributed by atoms with E-state index in [0.29, 0.717) is 6.54 Å². The summed E-state index contributed by atoms with van der Waals surface area (Å²) in [7, 11) is 1.92. The van der Waals surface area contributed by atoms with Gasteiger partial charge < -0.3 is 10.2 Å². The van der Waals surface area contributed by atoms with Crippen molar-refractivity contribution in [2.75, 3.05) is 20.1 Å². The van der Waals surface area contributed by atoms with Crippen LogP contribution in [0, 0.1) is 5.92 Å². The molecule has 1 N–H and O–H groups in total. The lowest BCUT2D eigenvalue weighted by Crippen LogP contribution is -2.38. The molecule has 1 amide bonds. The van der Waals surface area contributed by atoms with Crippen LogP contribution in [0.1, 0.15) is 18.4 Å². The van der Waals surface area contributed by atoms with E-state index >= 15 is 0 Å². The molecule has 120 valence electrons. The minimum Gasteiger partial charge on any atom is -0.341 e. The van der Waals surface area contributed by atoms with E-state index in [1.54, 1.807) is 0 Å². The topological polar surface area (TPSA) is 32.3 Å². The molecule has 2 aromatic rings. The number of amides is 1. The molecule has 0 aromatic heterocycles. The van der Waals surface area contributed by atoms with Crippen LogP contribution in [-0.4, -0.2) is 30.9 Å². The molecule has 1 heterocycles. The van der Waals surface area contributed by atoms with Crippen LogP contribution in [0.15, 0.2) is 54.6 Å². The van der Waals surface area contributed by atoms with Gasteiger partial charge in [0.25, 0.3) is 0 Å². The Morgan fingerprint density at radius 2 is 1.70 bits per heavy atom. The second kappa shape index (κ2) is 7.42. The molecule has 3 rings (SSSR count). The summed E-state index contributed by atoms with van der Waals surface area (Å²) in [4.78, 5) is 14.5. The Labute approximate surface area is 138 Å². The van der Waals surface area contributed by atoms with Gasteiger partial charge in [-0.2, -0.15) is 0 Å². The lowest BCUT2D eigenvalue weighted by molar-refractivity contribution is -0.135. The van der Waals surface area contributed by atoms with Gasteiger partial charge in [0.2, 0.25) is 5.91 Å².